The molecule has 1 nitrogen and oxygen atoms in total. The SMILES string of the molecule is CC1(C)c2cccc(-c3c4ccccc4c(-c4ccc5oc6ccccc6c5c4)c4ccccc34)c2-c2c1ccc1ccccc21. The maximum Gasteiger partial charge on any atom is 0.135 e. The molecule has 0 fully saturated rings. The van der Waals surface area contributed by atoms with Crippen molar-refractivity contribution in [3.8, 4) is 33.4 Å². The van der Waals surface area contributed by atoms with E-state index in [1.807, 2.05) is 6.07 Å². The standard InChI is InChI=1S/C45H30O/c1-45(2)37-20-11-19-35(44(37)43-29-13-4-3-12-27(29)22-24-38(43)45)42-33-17-7-5-15-31(33)41(32-16-6-8-18-34(32)42)28-23-25-40-36(26-28)30-14-9-10-21-39(30)46-40/h3-26H,1-2H3. The van der Waals surface area contributed by atoms with Crippen LogP contribution < -0.4 is 0 Å². The zero-order valence-corrected chi connectivity index (χ0v) is 25.8. The normalized spacial score (nSPS) is 13.6. The van der Waals surface area contributed by atoms with Gasteiger partial charge in [0.2, 0.25) is 0 Å². The van der Waals surface area contributed by atoms with E-state index in [9.17, 15) is 0 Å². The van der Waals surface area contributed by atoms with E-state index in [0.717, 1.165) is 21.9 Å². The van der Waals surface area contributed by atoms with Gasteiger partial charge in [0.25, 0.3) is 0 Å². The highest BCUT2D eigenvalue weighted by atomic mass is 16.3. The number of rotatable bonds is 2. The quantitative estimate of drug-likeness (QED) is 0.184. The molecule has 0 radical (unpaired) electrons. The molecule has 0 spiro atoms. The minimum absolute atomic E-state index is 0.0982. The number of furan rings is 1. The number of hydrogen-bond acceptors (Lipinski definition) is 1. The van der Waals surface area contributed by atoms with Crippen molar-refractivity contribution in [2.45, 2.75) is 19.3 Å². The van der Waals surface area contributed by atoms with Crippen LogP contribution in [0.1, 0.15) is 25.0 Å². The molecule has 1 aliphatic carbocycles. The molecule has 1 heteroatoms. The lowest BCUT2D eigenvalue weighted by molar-refractivity contribution is 0.661. The first-order chi connectivity index (χ1) is 22.6. The Bertz CT molecular complexity index is 2660. The Balaban J connectivity index is 1.33. The Labute approximate surface area is 267 Å². The summed E-state index contributed by atoms with van der Waals surface area (Å²) >= 11 is 0. The van der Waals surface area contributed by atoms with Gasteiger partial charge in [0.15, 0.2) is 0 Å². The minimum Gasteiger partial charge on any atom is -0.456 e. The fourth-order valence-electron chi connectivity index (χ4n) is 8.37. The van der Waals surface area contributed by atoms with Gasteiger partial charge in [-0.15, -0.1) is 0 Å². The van der Waals surface area contributed by atoms with E-state index in [1.54, 1.807) is 0 Å². The zero-order chi connectivity index (χ0) is 30.6. The van der Waals surface area contributed by atoms with E-state index in [0.29, 0.717) is 0 Å². The lowest BCUT2D eigenvalue weighted by Gasteiger charge is -2.22. The fourth-order valence-corrected chi connectivity index (χ4v) is 8.37. The molecule has 0 amide bonds. The van der Waals surface area contributed by atoms with Crippen LogP contribution in [0.2, 0.25) is 0 Å². The van der Waals surface area contributed by atoms with Crippen LogP contribution in [0.3, 0.4) is 0 Å². The van der Waals surface area contributed by atoms with E-state index in [2.05, 4.69) is 153 Å². The average molecular weight is 587 g/mol. The largest absolute Gasteiger partial charge is 0.456 e. The summed E-state index contributed by atoms with van der Waals surface area (Å²) in [5, 5.41) is 9.97. The molecular formula is C45H30O. The first-order valence-electron chi connectivity index (χ1n) is 16.1. The summed E-state index contributed by atoms with van der Waals surface area (Å²) in [7, 11) is 0. The third-order valence-electron chi connectivity index (χ3n) is 10.5. The average Bonchev–Trinajstić information content (AvgIpc) is 3.59. The van der Waals surface area contributed by atoms with Gasteiger partial charge in [0.1, 0.15) is 11.2 Å². The molecule has 9 aromatic rings. The highest BCUT2D eigenvalue weighted by Crippen LogP contribution is 2.56. The summed E-state index contributed by atoms with van der Waals surface area (Å²) in [5.74, 6) is 0. The Morgan fingerprint density at radius 3 is 1.72 bits per heavy atom. The summed E-state index contributed by atoms with van der Waals surface area (Å²) in [4.78, 5) is 0. The molecule has 8 aromatic carbocycles. The van der Waals surface area contributed by atoms with Crippen LogP contribution in [0.25, 0.3) is 87.6 Å². The maximum atomic E-state index is 6.21. The molecular weight excluding hydrogens is 556 g/mol. The second-order valence-electron chi connectivity index (χ2n) is 13.2. The van der Waals surface area contributed by atoms with Crippen molar-refractivity contribution in [1.29, 1.82) is 0 Å². The number of para-hydroxylation sites is 1. The number of fused-ring (bicyclic) bond motifs is 10. The first-order valence-corrected chi connectivity index (χ1v) is 16.1. The van der Waals surface area contributed by atoms with Crippen LogP contribution in [0, 0.1) is 0 Å². The molecule has 0 saturated carbocycles. The summed E-state index contributed by atoms with van der Waals surface area (Å²) in [6.45, 7) is 4.76. The van der Waals surface area contributed by atoms with Crippen molar-refractivity contribution in [1.82, 2.24) is 0 Å². The minimum atomic E-state index is -0.0982. The molecule has 1 heterocycles. The lowest BCUT2D eigenvalue weighted by Crippen LogP contribution is -2.14. The van der Waals surface area contributed by atoms with E-state index in [4.69, 9.17) is 4.42 Å². The van der Waals surface area contributed by atoms with Gasteiger partial charge in [-0.05, 0) is 95.0 Å². The van der Waals surface area contributed by atoms with Crippen molar-refractivity contribution < 1.29 is 4.42 Å². The van der Waals surface area contributed by atoms with Crippen molar-refractivity contribution in [2.24, 2.45) is 0 Å². The second kappa shape index (κ2) is 9.19. The molecule has 0 unspecified atom stereocenters. The van der Waals surface area contributed by atoms with Crippen LogP contribution in [-0.4, -0.2) is 0 Å². The Morgan fingerprint density at radius 1 is 0.391 bits per heavy atom. The first kappa shape index (κ1) is 25.6. The highest BCUT2D eigenvalue weighted by Gasteiger charge is 2.38. The predicted octanol–water partition coefficient (Wildman–Crippen LogP) is 12.7. The number of hydrogen-bond donors (Lipinski definition) is 0. The van der Waals surface area contributed by atoms with Gasteiger partial charge in [-0.3, -0.25) is 0 Å². The fraction of sp³-hybridized carbons (Fsp3) is 0.0667. The van der Waals surface area contributed by atoms with Crippen LogP contribution in [0.15, 0.2) is 150 Å². The molecule has 0 aliphatic heterocycles. The Hall–Kier alpha value is -5.66. The van der Waals surface area contributed by atoms with E-state index < -0.39 is 0 Å². The van der Waals surface area contributed by atoms with Gasteiger partial charge in [-0.2, -0.15) is 0 Å². The molecule has 1 aromatic heterocycles. The Morgan fingerprint density at radius 2 is 0.978 bits per heavy atom. The predicted molar refractivity (Wildman–Crippen MR) is 195 cm³/mol. The molecule has 0 N–H and O–H groups in total. The summed E-state index contributed by atoms with van der Waals surface area (Å²) in [5.41, 5.74) is 12.4. The van der Waals surface area contributed by atoms with Crippen LogP contribution in [0.4, 0.5) is 0 Å². The third-order valence-corrected chi connectivity index (χ3v) is 10.5. The summed E-state index contributed by atoms with van der Waals surface area (Å²) in [6, 6.07) is 53.4. The molecule has 46 heavy (non-hydrogen) atoms. The van der Waals surface area contributed by atoms with Crippen molar-refractivity contribution >= 4 is 54.3 Å². The Kier molecular flexibility index (Phi) is 5.12. The van der Waals surface area contributed by atoms with Gasteiger partial charge in [0.05, 0.1) is 0 Å². The zero-order valence-electron chi connectivity index (χ0n) is 25.8. The number of benzene rings is 8. The molecule has 1 aliphatic rings. The van der Waals surface area contributed by atoms with E-state index in [-0.39, 0.29) is 5.41 Å². The monoisotopic (exact) mass is 586 g/mol. The molecule has 0 atom stereocenters. The van der Waals surface area contributed by atoms with Gasteiger partial charge >= 0.3 is 0 Å². The highest BCUT2D eigenvalue weighted by molar-refractivity contribution is 6.24. The molecule has 0 saturated heterocycles. The summed E-state index contributed by atoms with van der Waals surface area (Å²) in [6.07, 6.45) is 0. The van der Waals surface area contributed by atoms with Gasteiger partial charge < -0.3 is 4.42 Å². The van der Waals surface area contributed by atoms with Crippen molar-refractivity contribution in [2.75, 3.05) is 0 Å². The topological polar surface area (TPSA) is 13.1 Å². The van der Waals surface area contributed by atoms with Gasteiger partial charge in [-0.1, -0.05) is 141 Å². The molecule has 10 rings (SSSR count). The van der Waals surface area contributed by atoms with Gasteiger partial charge in [0, 0.05) is 16.2 Å². The molecule has 0 bridgehead atoms. The van der Waals surface area contributed by atoms with Crippen molar-refractivity contribution in [3.63, 3.8) is 0 Å². The van der Waals surface area contributed by atoms with Gasteiger partial charge in [-0.25, -0.2) is 0 Å². The summed E-state index contributed by atoms with van der Waals surface area (Å²) < 4.78 is 6.21. The van der Waals surface area contributed by atoms with E-state index >= 15 is 0 Å². The maximum absolute atomic E-state index is 6.21. The van der Waals surface area contributed by atoms with Crippen LogP contribution in [0.5, 0.6) is 0 Å². The smallest absolute Gasteiger partial charge is 0.135 e. The van der Waals surface area contributed by atoms with Crippen LogP contribution in [-0.2, 0) is 5.41 Å². The third kappa shape index (κ3) is 3.35. The van der Waals surface area contributed by atoms with Crippen LogP contribution >= 0.6 is 0 Å². The second-order valence-corrected chi connectivity index (χ2v) is 13.2. The molecule has 216 valence electrons. The van der Waals surface area contributed by atoms with E-state index in [1.165, 1.54) is 76.8 Å². The van der Waals surface area contributed by atoms with Crippen molar-refractivity contribution in [3.05, 3.63) is 157 Å². The lowest BCUT2D eigenvalue weighted by atomic mass is 9.80.